The van der Waals surface area contributed by atoms with Crippen molar-refractivity contribution in [2.75, 3.05) is 0 Å². The molecule has 84 valence electrons. The average Bonchev–Trinajstić information content (AvgIpc) is 2.14. The number of benzene rings is 1. The summed E-state index contributed by atoms with van der Waals surface area (Å²) in [6.07, 6.45) is 5.86. The highest BCUT2D eigenvalue weighted by Gasteiger charge is 2.18. The third-order valence-corrected chi connectivity index (χ3v) is 3.02. The van der Waals surface area contributed by atoms with E-state index in [4.69, 9.17) is 0 Å². The molecule has 0 atom stereocenters. The summed E-state index contributed by atoms with van der Waals surface area (Å²) >= 11 is 0. The van der Waals surface area contributed by atoms with Gasteiger partial charge in [-0.15, -0.1) is 0 Å². The second-order valence-corrected chi connectivity index (χ2v) is 5.53. The lowest BCUT2D eigenvalue weighted by Gasteiger charge is -2.25. The molecule has 0 N–H and O–H groups in total. The first kappa shape index (κ1) is 11.2. The van der Waals surface area contributed by atoms with Gasteiger partial charge in [0.2, 0.25) is 0 Å². The molecule has 1 aliphatic rings. The molecule has 1 aromatic rings. The van der Waals surface area contributed by atoms with Crippen molar-refractivity contribution in [2.45, 2.75) is 34.1 Å². The maximum atomic E-state index is 2.40. The van der Waals surface area contributed by atoms with Crippen molar-refractivity contribution in [2.24, 2.45) is 5.41 Å². The zero-order valence-electron chi connectivity index (χ0n) is 10.7. The molecule has 0 saturated heterocycles. The van der Waals surface area contributed by atoms with Crippen molar-refractivity contribution in [3.63, 3.8) is 0 Å². The molecule has 0 fully saturated rings. The van der Waals surface area contributed by atoms with Crippen LogP contribution in [0.3, 0.4) is 0 Å². The summed E-state index contributed by atoms with van der Waals surface area (Å²) in [5.41, 5.74) is 5.85. The second-order valence-electron chi connectivity index (χ2n) is 5.53. The molecular weight excluding hydrogens is 192 g/mol. The maximum Gasteiger partial charge on any atom is 0.00132 e. The summed E-state index contributed by atoms with van der Waals surface area (Å²) in [6, 6.07) is 8.79. The van der Waals surface area contributed by atoms with Gasteiger partial charge in [-0.3, -0.25) is 0 Å². The number of hydrogen-bond acceptors (Lipinski definition) is 0. The first-order valence-electron chi connectivity index (χ1n) is 5.93. The summed E-state index contributed by atoms with van der Waals surface area (Å²) in [7, 11) is 0. The van der Waals surface area contributed by atoms with Crippen LogP contribution in [0.2, 0.25) is 0 Å². The van der Waals surface area contributed by atoms with Crippen LogP contribution < -0.4 is 0 Å². The van der Waals surface area contributed by atoms with Crippen molar-refractivity contribution in [1.82, 2.24) is 0 Å². The van der Waals surface area contributed by atoms with Crippen LogP contribution in [-0.2, 0) is 0 Å². The van der Waals surface area contributed by atoms with Crippen LogP contribution in [-0.4, -0.2) is 0 Å². The van der Waals surface area contributed by atoms with E-state index < -0.39 is 0 Å². The van der Waals surface area contributed by atoms with Crippen LogP contribution in [0.5, 0.6) is 0 Å². The summed E-state index contributed by atoms with van der Waals surface area (Å²) < 4.78 is 0. The fourth-order valence-electron chi connectivity index (χ4n) is 2.56. The summed E-state index contributed by atoms with van der Waals surface area (Å²) in [5.74, 6) is 0. The molecular formula is C16H20. The molecule has 0 spiro atoms. The minimum Gasteiger partial charge on any atom is -0.0758 e. The molecule has 16 heavy (non-hydrogen) atoms. The van der Waals surface area contributed by atoms with Gasteiger partial charge >= 0.3 is 0 Å². The first-order valence-corrected chi connectivity index (χ1v) is 5.93. The molecule has 2 rings (SSSR count). The van der Waals surface area contributed by atoms with E-state index in [1.165, 1.54) is 22.3 Å². The maximum absolute atomic E-state index is 2.40. The summed E-state index contributed by atoms with van der Waals surface area (Å²) in [5, 5.41) is 0. The molecule has 0 bridgehead atoms. The highest BCUT2D eigenvalue weighted by atomic mass is 14.2. The van der Waals surface area contributed by atoms with E-state index in [0.717, 1.165) is 6.42 Å². The topological polar surface area (TPSA) is 0 Å². The molecule has 0 heteroatoms. The Kier molecular flexibility index (Phi) is 2.75. The third kappa shape index (κ3) is 2.44. The Labute approximate surface area is 98.7 Å². The minimum absolute atomic E-state index is 0.196. The largest absolute Gasteiger partial charge is 0.0758 e. The van der Waals surface area contributed by atoms with Crippen molar-refractivity contribution in [1.29, 1.82) is 0 Å². The summed E-state index contributed by atoms with van der Waals surface area (Å²) in [4.78, 5) is 0. The Balaban J connectivity index is 2.39. The monoisotopic (exact) mass is 212 g/mol. The normalized spacial score (nSPS) is 19.0. The van der Waals surface area contributed by atoms with Gasteiger partial charge in [-0.25, -0.2) is 0 Å². The number of aryl methyl sites for hydroxylation is 1. The van der Waals surface area contributed by atoms with Gasteiger partial charge in [0.15, 0.2) is 0 Å². The molecule has 0 nitrogen and oxygen atoms in total. The average molecular weight is 212 g/mol. The fourth-order valence-corrected chi connectivity index (χ4v) is 2.56. The predicted molar refractivity (Wildman–Crippen MR) is 71.3 cm³/mol. The van der Waals surface area contributed by atoms with E-state index in [1.54, 1.807) is 0 Å². The molecule has 0 radical (unpaired) electrons. The Bertz CT molecular complexity index is 459. The zero-order valence-corrected chi connectivity index (χ0v) is 10.7. The van der Waals surface area contributed by atoms with Crippen molar-refractivity contribution in [3.8, 4) is 0 Å². The number of rotatable bonds is 1. The predicted octanol–water partition coefficient (Wildman–Crippen LogP) is 4.75. The molecule has 0 amide bonds. The number of allylic oxidation sites excluding steroid dienone is 4. The Hall–Kier alpha value is -1.30. The Morgan fingerprint density at radius 1 is 1.06 bits per heavy atom. The molecule has 0 saturated carbocycles. The van der Waals surface area contributed by atoms with Gasteiger partial charge < -0.3 is 0 Å². The van der Waals surface area contributed by atoms with Gasteiger partial charge in [-0.05, 0) is 31.4 Å². The van der Waals surface area contributed by atoms with Crippen molar-refractivity contribution >= 4 is 5.57 Å². The van der Waals surface area contributed by atoms with Crippen molar-refractivity contribution < 1.29 is 0 Å². The quantitative estimate of drug-likeness (QED) is 0.589. The zero-order chi connectivity index (χ0) is 11.8. The van der Waals surface area contributed by atoms with Gasteiger partial charge in [0.05, 0.1) is 0 Å². The van der Waals surface area contributed by atoms with Gasteiger partial charge in [0, 0.05) is 5.41 Å². The molecule has 1 aromatic carbocycles. The SMILES string of the molecule is CC1=CC(C)(C)C=C(c2cccc(C)c2)C1. The van der Waals surface area contributed by atoms with Crippen molar-refractivity contribution in [3.05, 3.63) is 53.1 Å². The minimum atomic E-state index is 0.196. The lowest BCUT2D eigenvalue weighted by Crippen LogP contribution is -2.09. The highest BCUT2D eigenvalue weighted by molar-refractivity contribution is 5.70. The van der Waals surface area contributed by atoms with Crippen LogP contribution in [0.4, 0.5) is 0 Å². The standard InChI is InChI=1S/C16H20/c1-12-6-5-7-14(8-12)15-9-13(2)10-16(3,4)11-15/h5-8,10-11H,9H2,1-4H3. The van der Waals surface area contributed by atoms with Gasteiger partial charge in [-0.1, -0.05) is 61.4 Å². The molecule has 0 aliphatic heterocycles. The van der Waals surface area contributed by atoms with Gasteiger partial charge in [-0.2, -0.15) is 0 Å². The van der Waals surface area contributed by atoms with E-state index in [9.17, 15) is 0 Å². The van der Waals surface area contributed by atoms with Crippen LogP contribution in [0.25, 0.3) is 5.57 Å². The van der Waals surface area contributed by atoms with Crippen LogP contribution in [0.1, 0.15) is 38.3 Å². The molecule has 0 unspecified atom stereocenters. The van der Waals surface area contributed by atoms with E-state index in [2.05, 4.69) is 64.1 Å². The molecule has 1 aliphatic carbocycles. The van der Waals surface area contributed by atoms with E-state index in [0.29, 0.717) is 0 Å². The molecule has 0 aromatic heterocycles. The lowest BCUT2D eigenvalue weighted by atomic mass is 9.80. The van der Waals surface area contributed by atoms with E-state index in [1.807, 2.05) is 0 Å². The molecule has 0 heterocycles. The second kappa shape index (κ2) is 3.93. The smallest absolute Gasteiger partial charge is 0.00132 e. The Morgan fingerprint density at radius 3 is 2.44 bits per heavy atom. The lowest BCUT2D eigenvalue weighted by molar-refractivity contribution is 0.611. The summed E-state index contributed by atoms with van der Waals surface area (Å²) in [6.45, 7) is 8.92. The number of hydrogen-bond donors (Lipinski definition) is 0. The fraction of sp³-hybridized carbons (Fsp3) is 0.375. The third-order valence-electron chi connectivity index (χ3n) is 3.02. The first-order chi connectivity index (χ1) is 7.46. The highest BCUT2D eigenvalue weighted by Crippen LogP contribution is 2.35. The van der Waals surface area contributed by atoms with E-state index >= 15 is 0 Å². The van der Waals surface area contributed by atoms with Crippen LogP contribution in [0, 0.1) is 12.3 Å². The van der Waals surface area contributed by atoms with E-state index in [-0.39, 0.29) is 5.41 Å². The van der Waals surface area contributed by atoms with Crippen LogP contribution >= 0.6 is 0 Å². The Morgan fingerprint density at radius 2 is 1.81 bits per heavy atom. The van der Waals surface area contributed by atoms with Gasteiger partial charge in [0.1, 0.15) is 0 Å². The van der Waals surface area contributed by atoms with Gasteiger partial charge in [0.25, 0.3) is 0 Å². The van der Waals surface area contributed by atoms with Crippen LogP contribution in [0.15, 0.2) is 42.0 Å².